The van der Waals surface area contributed by atoms with Crippen LogP contribution in [0.1, 0.15) is 31.9 Å². The Morgan fingerprint density at radius 1 is 1.07 bits per heavy atom. The Morgan fingerprint density at radius 3 is 2.21 bits per heavy atom. The second kappa shape index (κ2) is 10.1. The molecule has 0 fully saturated rings. The van der Waals surface area contributed by atoms with Crippen LogP contribution in [0.2, 0.25) is 0 Å². The maximum absolute atomic E-state index is 12.7. The first-order valence-corrected chi connectivity index (χ1v) is 11.8. The number of nitrogens with one attached hydrogen (secondary N) is 1. The molecular weight excluding hydrogens is 392 g/mol. The Morgan fingerprint density at radius 2 is 1.68 bits per heavy atom. The third kappa shape index (κ3) is 6.09. The molecule has 0 bridgehead atoms. The molecule has 0 spiro atoms. The lowest BCUT2D eigenvalue weighted by Crippen LogP contribution is -2.40. The first kappa shape index (κ1) is 22.5. The molecule has 0 radical (unpaired) electrons. The second-order valence-electron chi connectivity index (χ2n) is 7.10. The van der Waals surface area contributed by atoms with Gasteiger partial charge in [-0.2, -0.15) is 4.31 Å². The standard InChI is InChI=1S/C21H28N2O3S2/c1-16(2)14-20(17-8-6-5-7-9-17)22-21(24)15-23(3)28(25,26)19-12-10-18(27-4)11-13-19/h5-13,16,20H,14-15H2,1-4H3,(H,22,24). The van der Waals surface area contributed by atoms with Crippen LogP contribution in [0.15, 0.2) is 64.4 Å². The number of amides is 1. The normalized spacial score (nSPS) is 12.9. The van der Waals surface area contributed by atoms with Gasteiger partial charge in [0.05, 0.1) is 17.5 Å². The van der Waals surface area contributed by atoms with Crippen molar-refractivity contribution >= 4 is 27.7 Å². The molecule has 0 aliphatic rings. The number of nitrogens with zero attached hydrogens (tertiary/aromatic N) is 1. The SMILES string of the molecule is CSc1ccc(S(=O)(=O)N(C)CC(=O)NC(CC(C)C)c2ccccc2)cc1. The Kier molecular flexibility index (Phi) is 8.10. The van der Waals surface area contributed by atoms with Crippen LogP contribution in [0.3, 0.4) is 0 Å². The lowest BCUT2D eigenvalue weighted by atomic mass is 9.97. The van der Waals surface area contributed by atoms with Crippen LogP contribution in [0, 0.1) is 5.92 Å². The zero-order chi connectivity index (χ0) is 20.7. The van der Waals surface area contributed by atoms with Crippen LogP contribution >= 0.6 is 11.8 Å². The molecule has 7 heteroatoms. The largest absolute Gasteiger partial charge is 0.348 e. The van der Waals surface area contributed by atoms with Gasteiger partial charge in [0.2, 0.25) is 15.9 Å². The molecule has 0 aliphatic heterocycles. The van der Waals surface area contributed by atoms with Crippen molar-refractivity contribution in [2.45, 2.75) is 36.1 Å². The highest BCUT2D eigenvalue weighted by molar-refractivity contribution is 7.98. The van der Waals surface area contributed by atoms with Gasteiger partial charge in [0.15, 0.2) is 0 Å². The molecule has 0 aromatic heterocycles. The Bertz CT molecular complexity index is 866. The molecule has 1 amide bonds. The van der Waals surface area contributed by atoms with E-state index in [1.807, 2.05) is 36.6 Å². The molecule has 1 N–H and O–H groups in total. The fourth-order valence-corrected chi connectivity index (χ4v) is 4.43. The third-order valence-electron chi connectivity index (χ3n) is 4.38. The number of carbonyl (C=O) groups excluding carboxylic acids is 1. The molecular formula is C21H28N2O3S2. The van der Waals surface area contributed by atoms with E-state index in [9.17, 15) is 13.2 Å². The van der Waals surface area contributed by atoms with E-state index in [1.54, 1.807) is 36.0 Å². The summed E-state index contributed by atoms with van der Waals surface area (Å²) in [6, 6.07) is 16.3. The van der Waals surface area contributed by atoms with Crippen molar-refractivity contribution in [3.63, 3.8) is 0 Å². The van der Waals surface area contributed by atoms with Crippen LogP contribution in [0.25, 0.3) is 0 Å². The molecule has 5 nitrogen and oxygen atoms in total. The third-order valence-corrected chi connectivity index (χ3v) is 6.94. The first-order chi connectivity index (χ1) is 13.2. The maximum atomic E-state index is 12.7. The predicted octanol–water partition coefficient (Wildman–Crippen LogP) is 3.93. The van der Waals surface area contributed by atoms with E-state index in [4.69, 9.17) is 0 Å². The van der Waals surface area contributed by atoms with Crippen molar-refractivity contribution in [1.29, 1.82) is 0 Å². The summed E-state index contributed by atoms with van der Waals surface area (Å²) in [4.78, 5) is 13.7. The molecule has 2 aromatic rings. The van der Waals surface area contributed by atoms with Gasteiger partial charge >= 0.3 is 0 Å². The average molecular weight is 421 g/mol. The highest BCUT2D eigenvalue weighted by atomic mass is 32.2. The van der Waals surface area contributed by atoms with Crippen molar-refractivity contribution in [2.24, 2.45) is 5.92 Å². The molecule has 1 unspecified atom stereocenters. The number of thioether (sulfide) groups is 1. The van der Waals surface area contributed by atoms with E-state index in [0.29, 0.717) is 5.92 Å². The van der Waals surface area contributed by atoms with E-state index in [1.165, 1.54) is 7.05 Å². The maximum Gasteiger partial charge on any atom is 0.243 e. The van der Waals surface area contributed by atoms with Crippen LogP contribution in [-0.4, -0.2) is 38.5 Å². The van der Waals surface area contributed by atoms with Crippen molar-refractivity contribution in [1.82, 2.24) is 9.62 Å². The van der Waals surface area contributed by atoms with Crippen LogP contribution in [0.4, 0.5) is 0 Å². The van der Waals surface area contributed by atoms with E-state index in [0.717, 1.165) is 21.2 Å². The monoisotopic (exact) mass is 420 g/mol. The number of benzene rings is 2. The molecule has 1 atom stereocenters. The van der Waals surface area contributed by atoms with Crippen molar-refractivity contribution in [3.05, 3.63) is 60.2 Å². The fraction of sp³-hybridized carbons (Fsp3) is 0.381. The smallest absolute Gasteiger partial charge is 0.243 e. The van der Waals surface area contributed by atoms with Gasteiger partial charge in [0, 0.05) is 11.9 Å². The first-order valence-electron chi connectivity index (χ1n) is 9.18. The predicted molar refractivity (Wildman–Crippen MR) is 115 cm³/mol. The summed E-state index contributed by atoms with van der Waals surface area (Å²) in [6.07, 6.45) is 2.71. The van der Waals surface area contributed by atoms with Gasteiger partial charge in [-0.05, 0) is 48.4 Å². The van der Waals surface area contributed by atoms with Gasteiger partial charge in [-0.1, -0.05) is 44.2 Å². The fourth-order valence-electron chi connectivity index (χ4n) is 2.89. The topological polar surface area (TPSA) is 66.5 Å². The van der Waals surface area contributed by atoms with Crippen molar-refractivity contribution in [3.8, 4) is 0 Å². The molecule has 28 heavy (non-hydrogen) atoms. The van der Waals surface area contributed by atoms with E-state index in [2.05, 4.69) is 19.2 Å². The van der Waals surface area contributed by atoms with Crippen LogP contribution in [0.5, 0.6) is 0 Å². The summed E-state index contributed by atoms with van der Waals surface area (Å²) >= 11 is 1.54. The van der Waals surface area contributed by atoms with E-state index < -0.39 is 10.0 Å². The summed E-state index contributed by atoms with van der Waals surface area (Å²) in [6.45, 7) is 3.96. The molecule has 152 valence electrons. The number of carbonyl (C=O) groups is 1. The Hall–Kier alpha value is -1.83. The Labute approximate surface area is 172 Å². The van der Waals surface area contributed by atoms with Crippen molar-refractivity contribution in [2.75, 3.05) is 19.8 Å². The van der Waals surface area contributed by atoms with Gasteiger partial charge in [-0.15, -0.1) is 11.8 Å². The average Bonchev–Trinajstić information content (AvgIpc) is 2.67. The number of rotatable bonds is 9. The van der Waals surface area contributed by atoms with Crippen molar-refractivity contribution < 1.29 is 13.2 Å². The zero-order valence-corrected chi connectivity index (χ0v) is 18.4. The summed E-state index contributed by atoms with van der Waals surface area (Å²) in [5, 5.41) is 2.99. The minimum absolute atomic E-state index is 0.148. The summed E-state index contributed by atoms with van der Waals surface area (Å²) in [7, 11) is -2.29. The minimum atomic E-state index is -3.72. The second-order valence-corrected chi connectivity index (χ2v) is 10.0. The van der Waals surface area contributed by atoms with Gasteiger partial charge in [-0.25, -0.2) is 8.42 Å². The molecule has 0 heterocycles. The van der Waals surface area contributed by atoms with Crippen LogP contribution < -0.4 is 5.32 Å². The molecule has 0 saturated heterocycles. The lowest BCUT2D eigenvalue weighted by molar-refractivity contribution is -0.122. The molecule has 0 saturated carbocycles. The zero-order valence-electron chi connectivity index (χ0n) is 16.8. The molecule has 0 aliphatic carbocycles. The number of likely N-dealkylation sites (N-methyl/N-ethyl adjacent to an activating group) is 1. The molecule has 2 aromatic carbocycles. The summed E-state index contributed by atoms with van der Waals surface area (Å²) in [5.41, 5.74) is 1.02. The van der Waals surface area contributed by atoms with Gasteiger partial charge in [0.1, 0.15) is 0 Å². The Balaban J connectivity index is 2.08. The number of hydrogen-bond donors (Lipinski definition) is 1. The highest BCUT2D eigenvalue weighted by Gasteiger charge is 2.24. The van der Waals surface area contributed by atoms with Gasteiger partial charge in [-0.3, -0.25) is 4.79 Å². The number of sulfonamides is 1. The van der Waals surface area contributed by atoms with E-state index in [-0.39, 0.29) is 23.4 Å². The highest BCUT2D eigenvalue weighted by Crippen LogP contribution is 2.22. The molecule has 2 rings (SSSR count). The minimum Gasteiger partial charge on any atom is -0.348 e. The van der Waals surface area contributed by atoms with Gasteiger partial charge < -0.3 is 5.32 Å². The van der Waals surface area contributed by atoms with Crippen LogP contribution in [-0.2, 0) is 14.8 Å². The quantitative estimate of drug-likeness (QED) is 0.624. The van der Waals surface area contributed by atoms with E-state index >= 15 is 0 Å². The lowest BCUT2D eigenvalue weighted by Gasteiger charge is -2.23. The summed E-state index contributed by atoms with van der Waals surface area (Å²) < 4.78 is 26.6. The number of hydrogen-bond acceptors (Lipinski definition) is 4. The van der Waals surface area contributed by atoms with Gasteiger partial charge in [0.25, 0.3) is 0 Å². The summed E-state index contributed by atoms with van der Waals surface area (Å²) in [5.74, 6) is 0.0724.